The summed E-state index contributed by atoms with van der Waals surface area (Å²) >= 11 is -1.23. The number of ether oxygens (including phenoxy) is 2. The molecule has 244 valence electrons. The number of nitrogens with zero attached hydrogens (tertiary/aromatic N) is 5. The molecule has 0 fully saturated rings. The van der Waals surface area contributed by atoms with Gasteiger partial charge in [-0.2, -0.15) is 5.10 Å². The Labute approximate surface area is 271 Å². The fourth-order valence-electron chi connectivity index (χ4n) is 4.28. The molecule has 0 aliphatic rings. The number of hydrogen-bond donors (Lipinski definition) is 1. The SMILES string of the molecule is CC[C@H](N[S+]([O-])C(C)(C)C)c1cccc(-c2cc(OCCOC)c3cnn(-c4cncc(CO[Si](C)(C)C(C)(C)C)n4)c3c2)n1. The molecule has 4 aromatic rings. The highest BCUT2D eigenvalue weighted by atomic mass is 32.2. The zero-order valence-corrected chi connectivity index (χ0v) is 30.1. The predicted molar refractivity (Wildman–Crippen MR) is 183 cm³/mol. The standard InChI is InChI=1S/C33H48N6O4SSi/c1-11-26(38-44(40)32(2,3)4)28-14-12-13-27(37-28)23-17-29-25(30(18-23)42-16-15-41-8)20-35-39(29)31-21-34-19-24(36-31)22-43-45(9,10)33(5,6)7/h12-14,17-21,26,38H,11,15-16,22H2,1-10H3/t26-,44?/m0/s1. The van der Waals surface area contributed by atoms with Crippen molar-refractivity contribution in [1.29, 1.82) is 0 Å². The minimum absolute atomic E-state index is 0.0913. The second kappa shape index (κ2) is 14.3. The van der Waals surface area contributed by atoms with Crippen molar-refractivity contribution in [2.45, 2.75) is 90.4 Å². The normalized spacial score (nSPS) is 14.1. The predicted octanol–water partition coefficient (Wildman–Crippen LogP) is 6.93. The van der Waals surface area contributed by atoms with Crippen molar-refractivity contribution in [3.05, 3.63) is 60.3 Å². The van der Waals surface area contributed by atoms with Gasteiger partial charge < -0.3 is 18.5 Å². The topological polar surface area (TPSA) is 119 Å². The maximum atomic E-state index is 12.9. The van der Waals surface area contributed by atoms with Gasteiger partial charge in [0.05, 0.1) is 65.8 Å². The van der Waals surface area contributed by atoms with Gasteiger partial charge in [-0.15, -0.1) is 4.72 Å². The number of methoxy groups -OCH3 is 1. The van der Waals surface area contributed by atoms with Crippen LogP contribution in [0, 0.1) is 0 Å². The Kier molecular flexibility index (Phi) is 11.1. The van der Waals surface area contributed by atoms with E-state index < -0.39 is 19.7 Å². The average molecular weight is 653 g/mol. The summed E-state index contributed by atoms with van der Waals surface area (Å²) in [5.41, 5.74) is 4.00. The van der Waals surface area contributed by atoms with Gasteiger partial charge in [0.1, 0.15) is 17.1 Å². The minimum Gasteiger partial charge on any atom is -0.598 e. The molecule has 0 saturated heterocycles. The average Bonchev–Trinajstić information content (AvgIpc) is 3.42. The molecule has 1 aromatic carbocycles. The fraction of sp³-hybridized carbons (Fsp3) is 0.515. The van der Waals surface area contributed by atoms with Crippen molar-refractivity contribution >= 4 is 30.6 Å². The monoisotopic (exact) mass is 652 g/mol. The molecule has 10 nitrogen and oxygen atoms in total. The molecule has 45 heavy (non-hydrogen) atoms. The van der Waals surface area contributed by atoms with Crippen LogP contribution in [-0.2, 0) is 27.1 Å². The van der Waals surface area contributed by atoms with Crippen LogP contribution in [0.4, 0.5) is 0 Å². The third-order valence-electron chi connectivity index (χ3n) is 8.11. The zero-order chi connectivity index (χ0) is 33.0. The third kappa shape index (κ3) is 8.49. The first kappa shape index (κ1) is 35.0. The van der Waals surface area contributed by atoms with E-state index in [-0.39, 0.29) is 15.8 Å². The van der Waals surface area contributed by atoms with Gasteiger partial charge in [0, 0.05) is 24.0 Å². The first-order valence-electron chi connectivity index (χ1n) is 15.4. The van der Waals surface area contributed by atoms with Gasteiger partial charge in [-0.3, -0.25) is 9.97 Å². The van der Waals surface area contributed by atoms with E-state index in [9.17, 15) is 4.55 Å². The minimum atomic E-state index is -1.96. The molecule has 0 radical (unpaired) electrons. The highest BCUT2D eigenvalue weighted by Gasteiger charge is 2.37. The van der Waals surface area contributed by atoms with E-state index in [1.54, 1.807) is 30.4 Å². The van der Waals surface area contributed by atoms with E-state index in [4.69, 9.17) is 29.0 Å². The Hall–Kier alpha value is -2.87. The van der Waals surface area contributed by atoms with E-state index in [2.05, 4.69) is 50.5 Å². The molecule has 0 aliphatic carbocycles. The molecular weight excluding hydrogens is 605 g/mol. The van der Waals surface area contributed by atoms with Crippen LogP contribution < -0.4 is 9.46 Å². The van der Waals surface area contributed by atoms with Crippen LogP contribution in [0.3, 0.4) is 0 Å². The molecule has 12 heteroatoms. The lowest BCUT2D eigenvalue weighted by Crippen LogP contribution is -2.41. The zero-order valence-electron chi connectivity index (χ0n) is 28.3. The van der Waals surface area contributed by atoms with Crippen LogP contribution in [0.25, 0.3) is 28.0 Å². The first-order valence-corrected chi connectivity index (χ1v) is 19.4. The summed E-state index contributed by atoms with van der Waals surface area (Å²) < 4.78 is 35.4. The molecule has 0 amide bonds. The van der Waals surface area contributed by atoms with Gasteiger partial charge in [-0.1, -0.05) is 33.8 Å². The van der Waals surface area contributed by atoms with Gasteiger partial charge >= 0.3 is 0 Å². The molecule has 0 spiro atoms. The Balaban J connectivity index is 1.74. The quantitative estimate of drug-likeness (QED) is 0.0932. The Morgan fingerprint density at radius 1 is 1.02 bits per heavy atom. The number of hydrogen-bond acceptors (Lipinski definition) is 9. The lowest BCUT2D eigenvalue weighted by molar-refractivity contribution is 0.147. The lowest BCUT2D eigenvalue weighted by atomic mass is 10.1. The number of benzene rings is 1. The van der Waals surface area contributed by atoms with Crippen molar-refractivity contribution in [3.63, 3.8) is 0 Å². The first-order chi connectivity index (χ1) is 21.1. The highest BCUT2D eigenvalue weighted by molar-refractivity contribution is 7.90. The largest absolute Gasteiger partial charge is 0.598 e. The van der Waals surface area contributed by atoms with Crippen molar-refractivity contribution in [2.24, 2.45) is 0 Å². The lowest BCUT2D eigenvalue weighted by Gasteiger charge is -2.36. The smallest absolute Gasteiger partial charge is 0.192 e. The second-order valence-corrected chi connectivity index (χ2v) is 20.4. The Morgan fingerprint density at radius 2 is 1.78 bits per heavy atom. The van der Waals surface area contributed by atoms with E-state index in [1.807, 2.05) is 51.1 Å². The van der Waals surface area contributed by atoms with E-state index in [1.165, 1.54) is 0 Å². The summed E-state index contributed by atoms with van der Waals surface area (Å²) in [6.07, 6.45) is 5.97. The maximum absolute atomic E-state index is 12.9. The van der Waals surface area contributed by atoms with Crippen molar-refractivity contribution < 1.29 is 18.5 Å². The molecule has 0 aliphatic heterocycles. The molecule has 4 rings (SSSR count). The molecule has 3 heterocycles. The number of nitrogens with one attached hydrogen (secondary N) is 1. The van der Waals surface area contributed by atoms with Gasteiger partial charge in [-0.05, 0) is 69.6 Å². The molecule has 0 saturated carbocycles. The van der Waals surface area contributed by atoms with Crippen molar-refractivity contribution in [3.8, 4) is 22.8 Å². The number of fused-ring (bicyclic) bond motifs is 1. The summed E-state index contributed by atoms with van der Waals surface area (Å²) in [4.78, 5) is 14.4. The number of aromatic nitrogens is 5. The van der Waals surface area contributed by atoms with Crippen LogP contribution in [0.1, 0.15) is 72.3 Å². The molecular formula is C33H48N6O4SSi. The van der Waals surface area contributed by atoms with E-state index >= 15 is 0 Å². The van der Waals surface area contributed by atoms with Crippen LogP contribution in [0.15, 0.2) is 48.9 Å². The molecule has 0 bridgehead atoms. The summed E-state index contributed by atoms with van der Waals surface area (Å²) in [6.45, 7) is 20.3. The second-order valence-electron chi connectivity index (χ2n) is 13.6. The maximum Gasteiger partial charge on any atom is 0.192 e. The highest BCUT2D eigenvalue weighted by Crippen LogP contribution is 2.37. The van der Waals surface area contributed by atoms with Crippen LogP contribution in [0.5, 0.6) is 5.75 Å². The molecule has 1 N–H and O–H groups in total. The molecule has 2 atom stereocenters. The van der Waals surface area contributed by atoms with Crippen molar-refractivity contribution in [2.75, 3.05) is 20.3 Å². The fourth-order valence-corrected chi connectivity index (χ4v) is 6.12. The summed E-state index contributed by atoms with van der Waals surface area (Å²) in [5, 5.41) is 5.63. The van der Waals surface area contributed by atoms with Gasteiger partial charge in [0.15, 0.2) is 14.1 Å². The van der Waals surface area contributed by atoms with E-state index in [0.29, 0.717) is 31.4 Å². The third-order valence-corrected chi connectivity index (χ3v) is 14.2. The van der Waals surface area contributed by atoms with Crippen LogP contribution in [-0.4, -0.2) is 62.7 Å². The summed E-state index contributed by atoms with van der Waals surface area (Å²) in [7, 11) is -0.316. The number of rotatable bonds is 13. The molecule has 1 unspecified atom stereocenters. The van der Waals surface area contributed by atoms with E-state index in [0.717, 1.165) is 40.0 Å². The van der Waals surface area contributed by atoms with Gasteiger partial charge in [-0.25, -0.2) is 9.67 Å². The van der Waals surface area contributed by atoms with Gasteiger partial charge in [0.25, 0.3) is 0 Å². The summed E-state index contributed by atoms with van der Waals surface area (Å²) in [5.74, 6) is 1.25. The van der Waals surface area contributed by atoms with Gasteiger partial charge in [0.2, 0.25) is 0 Å². The summed E-state index contributed by atoms with van der Waals surface area (Å²) in [6, 6.07) is 9.77. The van der Waals surface area contributed by atoms with Crippen LogP contribution in [0.2, 0.25) is 18.1 Å². The van der Waals surface area contributed by atoms with Crippen LogP contribution >= 0.6 is 0 Å². The number of pyridine rings is 1. The Bertz CT molecular complexity index is 1580. The van der Waals surface area contributed by atoms with Crippen molar-refractivity contribution in [1.82, 2.24) is 29.5 Å². The molecule has 3 aromatic heterocycles. The Morgan fingerprint density at radius 3 is 2.44 bits per heavy atom.